The molecule has 1 aromatic carbocycles. The zero-order valence-electron chi connectivity index (χ0n) is 10.9. The lowest BCUT2D eigenvalue weighted by Gasteiger charge is -2.39. The summed E-state index contributed by atoms with van der Waals surface area (Å²) >= 11 is 0. The van der Waals surface area contributed by atoms with Crippen molar-refractivity contribution in [2.45, 2.75) is 13.0 Å². The summed E-state index contributed by atoms with van der Waals surface area (Å²) in [4.78, 5) is 18.6. The molecule has 0 bridgehead atoms. The predicted molar refractivity (Wildman–Crippen MR) is 72.4 cm³/mol. The summed E-state index contributed by atoms with van der Waals surface area (Å²) in [6.07, 6.45) is 2.75. The molecule has 19 heavy (non-hydrogen) atoms. The van der Waals surface area contributed by atoms with E-state index in [2.05, 4.69) is 9.89 Å². The van der Waals surface area contributed by atoms with Crippen molar-refractivity contribution in [1.82, 2.24) is 9.80 Å². The lowest BCUT2D eigenvalue weighted by atomic mass is 10.1. The van der Waals surface area contributed by atoms with Crippen molar-refractivity contribution in [1.29, 1.82) is 5.26 Å². The molecule has 1 aliphatic heterocycles. The molecule has 5 heteroatoms. The molecular weight excluding hydrogens is 240 g/mol. The monoisotopic (exact) mass is 256 g/mol. The van der Waals surface area contributed by atoms with E-state index in [1.807, 2.05) is 43.4 Å². The van der Waals surface area contributed by atoms with Gasteiger partial charge >= 0.3 is 0 Å². The van der Waals surface area contributed by atoms with Gasteiger partial charge in [0, 0.05) is 31.2 Å². The molecule has 1 aliphatic rings. The van der Waals surface area contributed by atoms with E-state index in [1.165, 1.54) is 0 Å². The van der Waals surface area contributed by atoms with Gasteiger partial charge in [-0.05, 0) is 6.92 Å². The maximum Gasteiger partial charge on any atom is 0.210 e. The Hall–Kier alpha value is -2.35. The lowest BCUT2D eigenvalue weighted by Crippen LogP contribution is -2.53. The highest BCUT2D eigenvalue weighted by molar-refractivity contribution is 5.99. The SMILES string of the molecule is C[C@H]1CN(C(=NC#N)c2ccccc2)CCN1C=O. The van der Waals surface area contributed by atoms with Gasteiger partial charge in [-0.25, -0.2) is 0 Å². The van der Waals surface area contributed by atoms with E-state index in [0.29, 0.717) is 25.5 Å². The average Bonchev–Trinajstić information content (AvgIpc) is 2.45. The Morgan fingerprint density at radius 3 is 2.74 bits per heavy atom. The van der Waals surface area contributed by atoms with Crippen molar-refractivity contribution in [3.05, 3.63) is 35.9 Å². The Bertz CT molecular complexity index is 506. The van der Waals surface area contributed by atoms with E-state index >= 15 is 0 Å². The van der Waals surface area contributed by atoms with Crippen LogP contribution in [0.3, 0.4) is 0 Å². The largest absolute Gasteiger partial charge is 0.352 e. The molecule has 1 amide bonds. The normalized spacial score (nSPS) is 20.0. The molecule has 0 aliphatic carbocycles. The fraction of sp³-hybridized carbons (Fsp3) is 0.357. The third-order valence-corrected chi connectivity index (χ3v) is 3.30. The Labute approximate surface area is 112 Å². The van der Waals surface area contributed by atoms with E-state index in [-0.39, 0.29) is 6.04 Å². The molecular formula is C14H16N4O. The van der Waals surface area contributed by atoms with Crippen molar-refractivity contribution >= 4 is 12.2 Å². The first-order chi connectivity index (χ1) is 9.26. The number of rotatable bonds is 2. The molecule has 0 N–H and O–H groups in total. The van der Waals surface area contributed by atoms with Gasteiger partial charge < -0.3 is 9.80 Å². The van der Waals surface area contributed by atoms with Gasteiger partial charge in [-0.15, -0.1) is 0 Å². The van der Waals surface area contributed by atoms with Gasteiger partial charge in [0.1, 0.15) is 5.84 Å². The van der Waals surface area contributed by atoms with Crippen LogP contribution in [0, 0.1) is 11.5 Å². The van der Waals surface area contributed by atoms with Crippen molar-refractivity contribution in [3.63, 3.8) is 0 Å². The summed E-state index contributed by atoms with van der Waals surface area (Å²) < 4.78 is 0. The van der Waals surface area contributed by atoms with Crippen molar-refractivity contribution in [2.24, 2.45) is 4.99 Å². The highest BCUT2D eigenvalue weighted by atomic mass is 16.1. The van der Waals surface area contributed by atoms with Crippen LogP contribution in [0.15, 0.2) is 35.3 Å². The quantitative estimate of drug-likeness (QED) is 0.344. The molecule has 1 heterocycles. The molecule has 0 saturated carbocycles. The fourth-order valence-corrected chi connectivity index (χ4v) is 2.27. The molecule has 0 spiro atoms. The summed E-state index contributed by atoms with van der Waals surface area (Å²) in [5, 5.41) is 8.86. The standard InChI is InChI=1S/C14H16N4O/c1-12-9-17(7-8-18(12)11-19)14(16-10-15)13-5-3-2-4-6-13/h2-6,11-12H,7-9H2,1H3/t12-/m0/s1. The highest BCUT2D eigenvalue weighted by Crippen LogP contribution is 2.12. The van der Waals surface area contributed by atoms with Gasteiger partial charge in [0.15, 0.2) is 0 Å². The Balaban J connectivity index is 2.21. The molecule has 1 saturated heterocycles. The minimum atomic E-state index is 0.124. The molecule has 5 nitrogen and oxygen atoms in total. The first-order valence-corrected chi connectivity index (χ1v) is 6.24. The van der Waals surface area contributed by atoms with Gasteiger partial charge in [-0.3, -0.25) is 4.79 Å². The number of aliphatic imine (C=N–C) groups is 1. The van der Waals surface area contributed by atoms with Gasteiger partial charge in [0.05, 0.1) is 0 Å². The zero-order valence-corrected chi connectivity index (χ0v) is 10.9. The van der Waals surface area contributed by atoms with Crippen LogP contribution >= 0.6 is 0 Å². The number of benzene rings is 1. The maximum absolute atomic E-state index is 10.9. The topological polar surface area (TPSA) is 59.7 Å². The van der Waals surface area contributed by atoms with Crippen LogP contribution in [0.25, 0.3) is 0 Å². The smallest absolute Gasteiger partial charge is 0.210 e. The average molecular weight is 256 g/mol. The van der Waals surface area contributed by atoms with Crippen LogP contribution in [-0.4, -0.2) is 47.7 Å². The second-order valence-corrected chi connectivity index (χ2v) is 4.54. The second kappa shape index (κ2) is 6.01. The van der Waals surface area contributed by atoms with Crippen LogP contribution in [0.4, 0.5) is 0 Å². The third-order valence-electron chi connectivity index (χ3n) is 3.30. The minimum absolute atomic E-state index is 0.124. The summed E-state index contributed by atoms with van der Waals surface area (Å²) in [6, 6.07) is 9.78. The summed E-state index contributed by atoms with van der Waals surface area (Å²) in [5.41, 5.74) is 0.927. The van der Waals surface area contributed by atoms with Gasteiger partial charge in [-0.1, -0.05) is 30.3 Å². The number of carbonyl (C=O) groups is 1. The summed E-state index contributed by atoms with van der Waals surface area (Å²) in [7, 11) is 0. The lowest BCUT2D eigenvalue weighted by molar-refractivity contribution is -0.121. The molecule has 1 aromatic rings. The molecule has 0 unspecified atom stereocenters. The van der Waals surface area contributed by atoms with Gasteiger partial charge in [0.2, 0.25) is 12.6 Å². The van der Waals surface area contributed by atoms with Gasteiger partial charge in [-0.2, -0.15) is 10.3 Å². The van der Waals surface area contributed by atoms with E-state index in [1.54, 1.807) is 4.90 Å². The number of nitrogens with zero attached hydrogens (tertiary/aromatic N) is 4. The molecule has 1 fully saturated rings. The number of amides is 1. The van der Waals surface area contributed by atoms with Gasteiger partial charge in [0.25, 0.3) is 0 Å². The molecule has 98 valence electrons. The fourth-order valence-electron chi connectivity index (χ4n) is 2.27. The van der Waals surface area contributed by atoms with E-state index < -0.39 is 0 Å². The maximum atomic E-state index is 10.9. The molecule has 0 radical (unpaired) electrons. The number of hydrogen-bond acceptors (Lipinski definition) is 3. The van der Waals surface area contributed by atoms with Crippen molar-refractivity contribution in [2.75, 3.05) is 19.6 Å². The Morgan fingerprint density at radius 2 is 2.16 bits per heavy atom. The molecule has 1 atom stereocenters. The van der Waals surface area contributed by atoms with Crippen molar-refractivity contribution in [3.8, 4) is 6.19 Å². The van der Waals surface area contributed by atoms with Crippen LogP contribution in [-0.2, 0) is 4.79 Å². The highest BCUT2D eigenvalue weighted by Gasteiger charge is 2.25. The van der Waals surface area contributed by atoms with E-state index in [4.69, 9.17) is 5.26 Å². The number of nitriles is 1. The van der Waals surface area contributed by atoms with E-state index in [9.17, 15) is 4.79 Å². The zero-order chi connectivity index (χ0) is 13.7. The summed E-state index contributed by atoms with van der Waals surface area (Å²) in [6.45, 7) is 4.03. The Morgan fingerprint density at radius 1 is 1.42 bits per heavy atom. The van der Waals surface area contributed by atoms with Crippen LogP contribution in [0.2, 0.25) is 0 Å². The Kier molecular flexibility index (Phi) is 4.14. The molecule has 0 aromatic heterocycles. The number of piperazine rings is 1. The van der Waals surface area contributed by atoms with E-state index in [0.717, 1.165) is 12.0 Å². The second-order valence-electron chi connectivity index (χ2n) is 4.54. The number of amidine groups is 1. The first-order valence-electron chi connectivity index (χ1n) is 6.24. The predicted octanol–water partition coefficient (Wildman–Crippen LogP) is 1.08. The minimum Gasteiger partial charge on any atom is -0.352 e. The number of carbonyl (C=O) groups excluding carboxylic acids is 1. The first kappa shape index (κ1) is 13.1. The third kappa shape index (κ3) is 2.91. The van der Waals surface area contributed by atoms with Crippen molar-refractivity contribution < 1.29 is 4.79 Å². The van der Waals surface area contributed by atoms with Crippen LogP contribution < -0.4 is 0 Å². The number of hydrogen-bond donors (Lipinski definition) is 0. The molecule has 2 rings (SSSR count). The van der Waals surface area contributed by atoms with Crippen LogP contribution in [0.1, 0.15) is 12.5 Å². The van der Waals surface area contributed by atoms with Crippen LogP contribution in [0.5, 0.6) is 0 Å². The summed E-state index contributed by atoms with van der Waals surface area (Å²) in [5.74, 6) is 0.681.